The molecule has 1 unspecified atom stereocenters. The number of aryl methyl sites for hydroxylation is 1. The van der Waals surface area contributed by atoms with Gasteiger partial charge in [0.15, 0.2) is 0 Å². The van der Waals surface area contributed by atoms with Gasteiger partial charge in [-0.25, -0.2) is 0 Å². The maximum atomic E-state index is 6.27. The first-order valence-electron chi connectivity index (χ1n) is 7.37. The number of nitrogens with zero attached hydrogens (tertiary/aromatic N) is 1. The zero-order chi connectivity index (χ0) is 15.2. The van der Waals surface area contributed by atoms with Crippen molar-refractivity contribution in [2.75, 3.05) is 19.3 Å². The molecular weight excluding hydrogens is 280 g/mol. The minimum atomic E-state index is 0.312. The molecule has 2 nitrogen and oxygen atoms in total. The van der Waals surface area contributed by atoms with Crippen LogP contribution in [0.5, 0.6) is 0 Å². The molecule has 0 saturated heterocycles. The predicted molar refractivity (Wildman–Crippen MR) is 91.7 cm³/mol. The van der Waals surface area contributed by atoms with E-state index in [0.29, 0.717) is 6.04 Å². The second-order valence-electron chi connectivity index (χ2n) is 5.48. The summed E-state index contributed by atoms with van der Waals surface area (Å²) in [4.78, 5) is 2.33. The molecule has 3 heteroatoms. The summed E-state index contributed by atoms with van der Waals surface area (Å²) in [6, 6.07) is 16.5. The van der Waals surface area contributed by atoms with Crippen LogP contribution >= 0.6 is 11.6 Å². The summed E-state index contributed by atoms with van der Waals surface area (Å²) in [5.41, 5.74) is 9.28. The average Bonchev–Trinajstić information content (AvgIpc) is 2.49. The van der Waals surface area contributed by atoms with E-state index in [2.05, 4.69) is 31.0 Å². The van der Waals surface area contributed by atoms with Crippen LogP contribution in [0.2, 0.25) is 5.02 Å². The highest BCUT2D eigenvalue weighted by Crippen LogP contribution is 2.26. The molecule has 112 valence electrons. The van der Waals surface area contributed by atoms with Gasteiger partial charge in [-0.2, -0.15) is 0 Å². The Bertz CT molecular complexity index is 583. The molecule has 2 aromatic rings. The lowest BCUT2D eigenvalue weighted by Gasteiger charge is -2.25. The third-order valence-corrected chi connectivity index (χ3v) is 4.37. The molecule has 0 aliphatic carbocycles. The summed E-state index contributed by atoms with van der Waals surface area (Å²) in [6.07, 6.45) is 2.09. The first-order valence-corrected chi connectivity index (χ1v) is 7.75. The Labute approximate surface area is 132 Å². The molecule has 21 heavy (non-hydrogen) atoms. The van der Waals surface area contributed by atoms with Gasteiger partial charge in [0.2, 0.25) is 0 Å². The molecule has 2 aromatic carbocycles. The van der Waals surface area contributed by atoms with Gasteiger partial charge in [-0.15, -0.1) is 0 Å². The van der Waals surface area contributed by atoms with Crippen molar-refractivity contribution in [3.8, 4) is 0 Å². The summed E-state index contributed by atoms with van der Waals surface area (Å²) in [6.45, 7) is 3.21. The van der Waals surface area contributed by atoms with E-state index in [0.717, 1.165) is 30.1 Å². The topological polar surface area (TPSA) is 29.3 Å². The molecule has 0 bridgehead atoms. The lowest BCUT2D eigenvalue weighted by Crippen LogP contribution is -2.24. The van der Waals surface area contributed by atoms with Crippen molar-refractivity contribution >= 4 is 17.3 Å². The van der Waals surface area contributed by atoms with Crippen LogP contribution in [0.3, 0.4) is 0 Å². The normalized spacial score (nSPS) is 12.6. The number of hydrogen-bond acceptors (Lipinski definition) is 2. The average molecular weight is 303 g/mol. The van der Waals surface area contributed by atoms with Crippen molar-refractivity contribution in [3.05, 3.63) is 64.7 Å². The van der Waals surface area contributed by atoms with Gasteiger partial charge >= 0.3 is 0 Å². The van der Waals surface area contributed by atoms with Crippen LogP contribution in [0.15, 0.2) is 48.5 Å². The standard InChI is InChI=1S/C18H23ClN2/c1-14(16-10-4-5-11-17(16)19)21(2)13-7-9-15-8-3-6-12-18(15)20/h3-6,8,10-12,14H,7,9,13,20H2,1-2H3. The Morgan fingerprint density at radius 2 is 1.76 bits per heavy atom. The first kappa shape index (κ1) is 15.9. The zero-order valence-corrected chi connectivity index (χ0v) is 13.5. The molecule has 2 N–H and O–H groups in total. The van der Waals surface area contributed by atoms with E-state index in [1.807, 2.05) is 36.4 Å². The zero-order valence-electron chi connectivity index (χ0n) is 12.7. The van der Waals surface area contributed by atoms with Crippen molar-refractivity contribution in [3.63, 3.8) is 0 Å². The van der Waals surface area contributed by atoms with Gasteiger partial charge in [-0.1, -0.05) is 48.0 Å². The third-order valence-electron chi connectivity index (χ3n) is 4.03. The molecule has 0 aliphatic heterocycles. The monoisotopic (exact) mass is 302 g/mol. The molecule has 1 atom stereocenters. The van der Waals surface area contributed by atoms with E-state index < -0.39 is 0 Å². The van der Waals surface area contributed by atoms with Crippen LogP contribution in [0.4, 0.5) is 5.69 Å². The number of rotatable bonds is 6. The van der Waals surface area contributed by atoms with Gasteiger partial charge in [-0.3, -0.25) is 4.90 Å². The quantitative estimate of drug-likeness (QED) is 0.793. The van der Waals surface area contributed by atoms with E-state index in [1.165, 1.54) is 11.1 Å². The molecular formula is C18H23ClN2. The van der Waals surface area contributed by atoms with Crippen molar-refractivity contribution < 1.29 is 0 Å². The lowest BCUT2D eigenvalue weighted by atomic mass is 10.1. The van der Waals surface area contributed by atoms with Gasteiger partial charge in [0.05, 0.1) is 0 Å². The summed E-state index contributed by atoms with van der Waals surface area (Å²) >= 11 is 6.27. The maximum Gasteiger partial charge on any atom is 0.0453 e. The number of benzene rings is 2. The second kappa shape index (κ2) is 7.48. The highest BCUT2D eigenvalue weighted by atomic mass is 35.5. The Hall–Kier alpha value is -1.51. The molecule has 0 saturated carbocycles. The maximum absolute atomic E-state index is 6.27. The molecule has 0 aliphatic rings. The number of nitrogen functional groups attached to an aromatic ring is 1. The molecule has 0 heterocycles. The molecule has 0 spiro atoms. The van der Waals surface area contributed by atoms with E-state index in [1.54, 1.807) is 0 Å². The van der Waals surface area contributed by atoms with Gasteiger partial charge in [0, 0.05) is 16.8 Å². The summed E-state index contributed by atoms with van der Waals surface area (Å²) in [7, 11) is 2.14. The largest absolute Gasteiger partial charge is 0.399 e. The minimum Gasteiger partial charge on any atom is -0.399 e. The van der Waals surface area contributed by atoms with Crippen LogP contribution in [-0.2, 0) is 6.42 Å². The Kier molecular flexibility index (Phi) is 5.66. The Balaban J connectivity index is 1.89. The fourth-order valence-electron chi connectivity index (χ4n) is 2.53. The highest BCUT2D eigenvalue weighted by Gasteiger charge is 2.13. The van der Waals surface area contributed by atoms with Crippen molar-refractivity contribution in [2.45, 2.75) is 25.8 Å². The van der Waals surface area contributed by atoms with Gasteiger partial charge < -0.3 is 5.73 Å². The van der Waals surface area contributed by atoms with Crippen LogP contribution in [0, 0.1) is 0 Å². The van der Waals surface area contributed by atoms with Crippen LogP contribution in [0.1, 0.15) is 30.5 Å². The second-order valence-corrected chi connectivity index (χ2v) is 5.89. The van der Waals surface area contributed by atoms with Crippen molar-refractivity contribution in [2.24, 2.45) is 0 Å². The molecule has 0 aromatic heterocycles. The summed E-state index contributed by atoms with van der Waals surface area (Å²) in [5, 5.41) is 0.837. The SMILES string of the molecule is CC(c1ccccc1Cl)N(C)CCCc1ccccc1N. The molecule has 0 radical (unpaired) electrons. The third kappa shape index (κ3) is 4.23. The Morgan fingerprint density at radius 1 is 1.10 bits per heavy atom. The molecule has 0 amide bonds. The van der Waals surface area contributed by atoms with Crippen molar-refractivity contribution in [1.82, 2.24) is 4.90 Å². The number of hydrogen-bond donors (Lipinski definition) is 1. The molecule has 2 rings (SSSR count). The lowest BCUT2D eigenvalue weighted by molar-refractivity contribution is 0.258. The fraction of sp³-hybridized carbons (Fsp3) is 0.333. The molecule has 0 fully saturated rings. The minimum absolute atomic E-state index is 0.312. The summed E-state index contributed by atoms with van der Waals surface area (Å²) in [5.74, 6) is 0. The van der Waals surface area contributed by atoms with Crippen molar-refractivity contribution in [1.29, 1.82) is 0 Å². The number of nitrogens with two attached hydrogens (primary N) is 1. The van der Waals surface area contributed by atoms with Crippen LogP contribution < -0.4 is 5.73 Å². The van der Waals surface area contributed by atoms with Gasteiger partial charge in [0.25, 0.3) is 0 Å². The van der Waals surface area contributed by atoms with Crippen LogP contribution in [0.25, 0.3) is 0 Å². The predicted octanol–water partition coefficient (Wildman–Crippen LogP) is 4.55. The fourth-order valence-corrected chi connectivity index (χ4v) is 2.82. The number of halogens is 1. The van der Waals surface area contributed by atoms with Crippen LogP contribution in [-0.4, -0.2) is 18.5 Å². The van der Waals surface area contributed by atoms with E-state index >= 15 is 0 Å². The van der Waals surface area contributed by atoms with E-state index in [4.69, 9.17) is 17.3 Å². The van der Waals surface area contributed by atoms with Gasteiger partial charge in [0.1, 0.15) is 0 Å². The smallest absolute Gasteiger partial charge is 0.0453 e. The Morgan fingerprint density at radius 3 is 2.48 bits per heavy atom. The van der Waals surface area contributed by atoms with E-state index in [-0.39, 0.29) is 0 Å². The van der Waals surface area contributed by atoms with E-state index in [9.17, 15) is 0 Å². The van der Waals surface area contributed by atoms with Gasteiger partial charge in [-0.05, 0) is 56.6 Å². The first-order chi connectivity index (χ1) is 10.1. The summed E-state index contributed by atoms with van der Waals surface area (Å²) < 4.78 is 0. The highest BCUT2D eigenvalue weighted by molar-refractivity contribution is 6.31. The number of anilines is 1. The number of para-hydroxylation sites is 1.